The highest BCUT2D eigenvalue weighted by molar-refractivity contribution is 7.99. The molecule has 2 atom stereocenters. The fourth-order valence-corrected chi connectivity index (χ4v) is 2.58. The normalized spacial score (nSPS) is 14.4. The predicted octanol–water partition coefficient (Wildman–Crippen LogP) is 3.88. The van der Waals surface area contributed by atoms with Gasteiger partial charge in [0.05, 0.1) is 12.5 Å². The summed E-state index contributed by atoms with van der Waals surface area (Å²) >= 11 is 8.12. The van der Waals surface area contributed by atoms with Crippen molar-refractivity contribution in [3.63, 3.8) is 0 Å². The monoisotopic (exact) mass is 313 g/mol. The van der Waals surface area contributed by atoms with Gasteiger partial charge >= 0.3 is 0 Å². The second-order valence-corrected chi connectivity index (χ2v) is 6.70. The largest absolute Gasteiger partial charge is 0.481 e. The minimum absolute atomic E-state index is 0.139. The molecule has 0 N–H and O–H groups in total. The molecule has 0 aliphatic carbocycles. The summed E-state index contributed by atoms with van der Waals surface area (Å²) in [7, 11) is 1.62. The molecule has 4 nitrogen and oxygen atoms in total. The Bertz CT molecular complexity index is 585. The lowest BCUT2D eigenvalue weighted by Crippen LogP contribution is -2.09. The number of pyridine rings is 1. The summed E-state index contributed by atoms with van der Waals surface area (Å²) in [5, 5.41) is 0.455. The zero-order valence-electron chi connectivity index (χ0n) is 12.3. The molecule has 0 saturated heterocycles. The number of halogens is 1. The molecule has 0 saturated carbocycles. The van der Waals surface area contributed by atoms with Gasteiger partial charge in [0.15, 0.2) is 5.65 Å². The van der Waals surface area contributed by atoms with E-state index in [1.54, 1.807) is 7.11 Å². The maximum Gasteiger partial charge on any atom is 0.215 e. The Balaban J connectivity index is 2.43. The standard InChI is InChI=1S/C14H20ClN3OS/c1-9(20-4)7-8-18-13(10(2)15)16-11-5-6-12(19-3)17-14(11)18/h5-6,9-10H,7-8H2,1-4H3. The molecule has 0 spiro atoms. The van der Waals surface area contributed by atoms with Crippen LogP contribution in [0.1, 0.15) is 31.5 Å². The topological polar surface area (TPSA) is 39.9 Å². The van der Waals surface area contributed by atoms with E-state index < -0.39 is 0 Å². The first-order valence-electron chi connectivity index (χ1n) is 6.64. The smallest absolute Gasteiger partial charge is 0.215 e. The van der Waals surface area contributed by atoms with Crippen molar-refractivity contribution in [3.8, 4) is 5.88 Å². The van der Waals surface area contributed by atoms with E-state index >= 15 is 0 Å². The number of hydrogen-bond acceptors (Lipinski definition) is 4. The van der Waals surface area contributed by atoms with Crippen molar-refractivity contribution in [1.29, 1.82) is 0 Å². The minimum Gasteiger partial charge on any atom is -0.481 e. The van der Waals surface area contributed by atoms with Gasteiger partial charge in [0.25, 0.3) is 0 Å². The molecule has 0 aliphatic heterocycles. The highest BCUT2D eigenvalue weighted by atomic mass is 35.5. The summed E-state index contributed by atoms with van der Waals surface area (Å²) in [6.45, 7) is 5.03. The van der Waals surface area contributed by atoms with Crippen molar-refractivity contribution in [3.05, 3.63) is 18.0 Å². The summed E-state index contributed by atoms with van der Waals surface area (Å²) < 4.78 is 7.32. The third-order valence-corrected chi connectivity index (χ3v) is 4.56. The Morgan fingerprint density at radius 1 is 1.35 bits per heavy atom. The number of ether oxygens (including phenoxy) is 1. The Labute approximate surface area is 128 Å². The molecule has 0 aliphatic rings. The van der Waals surface area contributed by atoms with Crippen LogP contribution < -0.4 is 4.74 Å². The van der Waals surface area contributed by atoms with Gasteiger partial charge in [-0.1, -0.05) is 6.92 Å². The second-order valence-electron chi connectivity index (χ2n) is 4.77. The summed E-state index contributed by atoms with van der Waals surface area (Å²) in [5.41, 5.74) is 1.71. The van der Waals surface area contributed by atoms with Crippen molar-refractivity contribution in [2.45, 2.75) is 37.4 Å². The van der Waals surface area contributed by atoms with Gasteiger partial charge in [-0.2, -0.15) is 16.7 Å². The number of hydrogen-bond donors (Lipinski definition) is 0. The second kappa shape index (κ2) is 6.68. The number of alkyl halides is 1. The number of thioether (sulfide) groups is 1. The number of imidazole rings is 1. The third-order valence-electron chi connectivity index (χ3n) is 3.32. The van der Waals surface area contributed by atoms with E-state index in [2.05, 4.69) is 27.7 Å². The molecule has 20 heavy (non-hydrogen) atoms. The lowest BCUT2D eigenvalue weighted by molar-refractivity contribution is 0.399. The molecule has 0 radical (unpaired) electrons. The van der Waals surface area contributed by atoms with Crippen molar-refractivity contribution < 1.29 is 4.74 Å². The first-order valence-corrected chi connectivity index (χ1v) is 8.37. The number of nitrogens with zero attached hydrogens (tertiary/aromatic N) is 3. The average Bonchev–Trinajstić information content (AvgIpc) is 2.82. The van der Waals surface area contributed by atoms with Crippen LogP contribution in [0.2, 0.25) is 0 Å². The van der Waals surface area contributed by atoms with Crippen LogP contribution in [0.5, 0.6) is 5.88 Å². The predicted molar refractivity (Wildman–Crippen MR) is 85.9 cm³/mol. The Morgan fingerprint density at radius 3 is 2.70 bits per heavy atom. The van der Waals surface area contributed by atoms with Crippen molar-refractivity contribution in [1.82, 2.24) is 14.5 Å². The molecule has 2 heterocycles. The Kier molecular flexibility index (Phi) is 5.16. The number of methoxy groups -OCH3 is 1. The highest BCUT2D eigenvalue weighted by Gasteiger charge is 2.17. The summed E-state index contributed by atoms with van der Waals surface area (Å²) in [4.78, 5) is 9.11. The molecular weight excluding hydrogens is 294 g/mol. The van der Waals surface area contributed by atoms with Gasteiger partial charge in [-0.05, 0) is 25.7 Å². The number of fused-ring (bicyclic) bond motifs is 1. The fraction of sp³-hybridized carbons (Fsp3) is 0.571. The molecular formula is C14H20ClN3OS. The van der Waals surface area contributed by atoms with Crippen molar-refractivity contribution >= 4 is 34.5 Å². The van der Waals surface area contributed by atoms with E-state index in [-0.39, 0.29) is 5.38 Å². The van der Waals surface area contributed by atoms with Crippen molar-refractivity contribution in [2.75, 3.05) is 13.4 Å². The van der Waals surface area contributed by atoms with E-state index in [9.17, 15) is 0 Å². The fourth-order valence-electron chi connectivity index (χ4n) is 2.07. The van der Waals surface area contributed by atoms with Gasteiger partial charge in [-0.15, -0.1) is 11.6 Å². The molecule has 0 amide bonds. The lowest BCUT2D eigenvalue weighted by Gasteiger charge is -2.13. The van der Waals surface area contributed by atoms with E-state index in [0.29, 0.717) is 11.1 Å². The van der Waals surface area contributed by atoms with E-state index in [1.165, 1.54) is 0 Å². The van der Waals surface area contributed by atoms with Gasteiger partial charge in [0, 0.05) is 17.9 Å². The Morgan fingerprint density at radius 2 is 2.10 bits per heavy atom. The molecule has 2 unspecified atom stereocenters. The molecule has 0 fully saturated rings. The molecule has 6 heteroatoms. The molecule has 110 valence electrons. The highest BCUT2D eigenvalue weighted by Crippen LogP contribution is 2.26. The summed E-state index contributed by atoms with van der Waals surface area (Å²) in [5.74, 6) is 1.47. The SMILES string of the molecule is COc1ccc2nc(C(C)Cl)n(CCC(C)SC)c2n1. The minimum atomic E-state index is -0.139. The number of rotatable bonds is 6. The number of aryl methyl sites for hydroxylation is 1. The third kappa shape index (κ3) is 3.20. The van der Waals surface area contributed by atoms with Gasteiger partial charge in [0.1, 0.15) is 11.3 Å². The van der Waals surface area contributed by atoms with Gasteiger partial charge in [0.2, 0.25) is 5.88 Å². The van der Waals surface area contributed by atoms with Crippen LogP contribution in [0.15, 0.2) is 12.1 Å². The number of aromatic nitrogens is 3. The van der Waals surface area contributed by atoms with Gasteiger partial charge in [-0.25, -0.2) is 4.98 Å². The van der Waals surface area contributed by atoms with E-state index in [1.807, 2.05) is 30.8 Å². The van der Waals surface area contributed by atoms with Gasteiger partial charge < -0.3 is 9.30 Å². The van der Waals surface area contributed by atoms with Crippen molar-refractivity contribution in [2.24, 2.45) is 0 Å². The van der Waals surface area contributed by atoms with Crippen LogP contribution >= 0.6 is 23.4 Å². The van der Waals surface area contributed by atoms with Crippen LogP contribution in [-0.4, -0.2) is 33.2 Å². The van der Waals surface area contributed by atoms with Crippen LogP contribution in [0.25, 0.3) is 11.2 Å². The maximum absolute atomic E-state index is 6.26. The Hall–Kier alpha value is -0.940. The van der Waals surface area contributed by atoms with Crippen LogP contribution in [-0.2, 0) is 6.54 Å². The zero-order chi connectivity index (χ0) is 14.7. The summed E-state index contributed by atoms with van der Waals surface area (Å²) in [6.07, 6.45) is 3.19. The summed E-state index contributed by atoms with van der Waals surface area (Å²) in [6, 6.07) is 3.76. The lowest BCUT2D eigenvalue weighted by atomic mass is 10.3. The molecule has 2 rings (SSSR count). The maximum atomic E-state index is 6.26. The van der Waals surface area contributed by atoms with Crippen LogP contribution in [0.4, 0.5) is 0 Å². The molecule has 0 bridgehead atoms. The van der Waals surface area contributed by atoms with E-state index in [0.717, 1.165) is 30.0 Å². The molecule has 2 aromatic rings. The van der Waals surface area contributed by atoms with Crippen LogP contribution in [0.3, 0.4) is 0 Å². The first kappa shape index (κ1) is 15.4. The average molecular weight is 314 g/mol. The van der Waals surface area contributed by atoms with Crippen LogP contribution in [0, 0.1) is 0 Å². The zero-order valence-corrected chi connectivity index (χ0v) is 13.8. The van der Waals surface area contributed by atoms with Gasteiger partial charge in [-0.3, -0.25) is 0 Å². The quantitative estimate of drug-likeness (QED) is 0.759. The molecule has 0 aromatic carbocycles. The first-order chi connectivity index (χ1) is 9.56. The van der Waals surface area contributed by atoms with E-state index in [4.69, 9.17) is 16.3 Å². The molecule has 2 aromatic heterocycles.